The smallest absolute Gasteiger partial charge is 0.387 e. The van der Waals surface area contributed by atoms with Gasteiger partial charge in [-0.25, -0.2) is 0 Å². The van der Waals surface area contributed by atoms with Crippen LogP contribution in [0, 0.1) is 0 Å². The van der Waals surface area contributed by atoms with Crippen LogP contribution in [-0.4, -0.2) is 29.3 Å². The lowest BCUT2D eigenvalue weighted by molar-refractivity contribution is -0.0498. The molecule has 1 aliphatic rings. The third-order valence-corrected chi connectivity index (χ3v) is 3.63. The second-order valence-electron chi connectivity index (χ2n) is 5.12. The van der Waals surface area contributed by atoms with Crippen molar-refractivity contribution in [2.24, 2.45) is 0 Å². The summed E-state index contributed by atoms with van der Waals surface area (Å²) in [6.07, 6.45) is 5.65. The van der Waals surface area contributed by atoms with Crippen molar-refractivity contribution >= 4 is 11.5 Å². The van der Waals surface area contributed by atoms with Gasteiger partial charge in [-0.2, -0.15) is 13.9 Å². The van der Waals surface area contributed by atoms with E-state index < -0.39 is 6.61 Å². The minimum atomic E-state index is -2.88. The maximum atomic E-state index is 12.1. The first-order valence-electron chi connectivity index (χ1n) is 7.18. The SMILES string of the molecule is O=C(NCC1=CCCc2[nH]ncc21)c1ccc(OC(F)F)cc1. The highest BCUT2D eigenvalue weighted by atomic mass is 19.3. The van der Waals surface area contributed by atoms with E-state index in [1.165, 1.54) is 24.3 Å². The summed E-state index contributed by atoms with van der Waals surface area (Å²) in [4.78, 5) is 12.1. The summed E-state index contributed by atoms with van der Waals surface area (Å²) in [6.45, 7) is -2.49. The van der Waals surface area contributed by atoms with E-state index in [0.29, 0.717) is 12.1 Å². The first-order valence-corrected chi connectivity index (χ1v) is 7.18. The summed E-state index contributed by atoms with van der Waals surface area (Å²) < 4.78 is 28.4. The molecule has 1 aromatic carbocycles. The van der Waals surface area contributed by atoms with E-state index in [1.54, 1.807) is 6.20 Å². The fourth-order valence-corrected chi connectivity index (χ4v) is 2.51. The van der Waals surface area contributed by atoms with Crippen LogP contribution < -0.4 is 10.1 Å². The molecule has 7 heteroatoms. The molecule has 120 valence electrons. The Hall–Kier alpha value is -2.70. The van der Waals surface area contributed by atoms with Crippen molar-refractivity contribution in [3.8, 4) is 5.75 Å². The van der Waals surface area contributed by atoms with Crippen LogP contribution in [0.15, 0.2) is 36.5 Å². The van der Waals surface area contributed by atoms with Crippen molar-refractivity contribution in [2.45, 2.75) is 19.5 Å². The Labute approximate surface area is 131 Å². The summed E-state index contributed by atoms with van der Waals surface area (Å²) in [5, 5.41) is 9.79. The normalized spacial score (nSPS) is 13.4. The van der Waals surface area contributed by atoms with Crippen molar-refractivity contribution in [3.05, 3.63) is 53.4 Å². The molecule has 1 aliphatic carbocycles. The Morgan fingerprint density at radius 3 is 2.87 bits per heavy atom. The summed E-state index contributed by atoms with van der Waals surface area (Å²) >= 11 is 0. The van der Waals surface area contributed by atoms with E-state index in [-0.39, 0.29) is 11.7 Å². The van der Waals surface area contributed by atoms with Gasteiger partial charge in [0.15, 0.2) is 0 Å². The third kappa shape index (κ3) is 3.56. The van der Waals surface area contributed by atoms with Gasteiger partial charge < -0.3 is 10.1 Å². The van der Waals surface area contributed by atoms with Crippen LogP contribution in [0.25, 0.3) is 5.57 Å². The summed E-state index contributed by atoms with van der Waals surface area (Å²) in [5.74, 6) is -0.250. The van der Waals surface area contributed by atoms with Crippen LogP contribution in [0.4, 0.5) is 8.78 Å². The summed E-state index contributed by atoms with van der Waals surface area (Å²) in [5.41, 5.74) is 3.50. The van der Waals surface area contributed by atoms with Crippen LogP contribution in [0.2, 0.25) is 0 Å². The molecule has 2 N–H and O–H groups in total. The number of allylic oxidation sites excluding steroid dienone is 1. The lowest BCUT2D eigenvalue weighted by Crippen LogP contribution is -2.25. The Morgan fingerprint density at radius 2 is 2.13 bits per heavy atom. The predicted molar refractivity (Wildman–Crippen MR) is 80.3 cm³/mol. The van der Waals surface area contributed by atoms with Crippen LogP contribution in [0.5, 0.6) is 5.75 Å². The van der Waals surface area contributed by atoms with Crippen LogP contribution in [-0.2, 0) is 6.42 Å². The lowest BCUT2D eigenvalue weighted by atomic mass is 9.97. The molecule has 5 nitrogen and oxygen atoms in total. The largest absolute Gasteiger partial charge is 0.435 e. The Bertz CT molecular complexity index is 723. The van der Waals surface area contributed by atoms with Gasteiger partial charge in [-0.1, -0.05) is 6.08 Å². The topological polar surface area (TPSA) is 67.0 Å². The number of fused-ring (bicyclic) bond motifs is 1. The first kappa shape index (κ1) is 15.2. The standard InChI is InChI=1S/C16H15F2N3O2/c17-16(18)23-12-6-4-10(5-7-12)15(22)19-8-11-2-1-3-14-13(11)9-20-21-14/h2,4-7,9,16H,1,3,8H2,(H,19,22)(H,20,21). The van der Waals surface area contributed by atoms with Gasteiger partial charge in [-0.3, -0.25) is 9.89 Å². The number of carbonyl (C=O) groups excluding carboxylic acids is 1. The zero-order chi connectivity index (χ0) is 16.2. The zero-order valence-electron chi connectivity index (χ0n) is 12.2. The van der Waals surface area contributed by atoms with E-state index in [1.807, 2.05) is 0 Å². The predicted octanol–water partition coefficient (Wildman–Crippen LogP) is 2.77. The maximum absolute atomic E-state index is 12.1. The Kier molecular flexibility index (Phi) is 4.36. The van der Waals surface area contributed by atoms with Crippen molar-refractivity contribution in [1.29, 1.82) is 0 Å². The fourth-order valence-electron chi connectivity index (χ4n) is 2.51. The molecule has 1 aromatic heterocycles. The molecule has 0 saturated carbocycles. The molecule has 0 bridgehead atoms. The number of rotatable bonds is 5. The number of amides is 1. The maximum Gasteiger partial charge on any atom is 0.387 e. The highest BCUT2D eigenvalue weighted by molar-refractivity contribution is 5.95. The van der Waals surface area contributed by atoms with Gasteiger partial charge in [-0.05, 0) is 42.7 Å². The van der Waals surface area contributed by atoms with Gasteiger partial charge >= 0.3 is 6.61 Å². The number of H-pyrrole nitrogens is 1. The van der Waals surface area contributed by atoms with Crippen molar-refractivity contribution in [1.82, 2.24) is 15.5 Å². The van der Waals surface area contributed by atoms with Crippen molar-refractivity contribution < 1.29 is 18.3 Å². The molecule has 1 heterocycles. The van der Waals surface area contributed by atoms with Gasteiger partial charge in [0.2, 0.25) is 0 Å². The van der Waals surface area contributed by atoms with Crippen LogP contribution in [0.3, 0.4) is 0 Å². The highest BCUT2D eigenvalue weighted by Crippen LogP contribution is 2.23. The summed E-state index contributed by atoms with van der Waals surface area (Å²) in [6, 6.07) is 5.58. The van der Waals surface area contributed by atoms with Crippen LogP contribution >= 0.6 is 0 Å². The minimum absolute atomic E-state index is 0.0228. The molecule has 0 radical (unpaired) electrons. The zero-order valence-corrected chi connectivity index (χ0v) is 12.2. The number of aromatic nitrogens is 2. The number of nitrogens with one attached hydrogen (secondary N) is 2. The highest BCUT2D eigenvalue weighted by Gasteiger charge is 2.15. The number of hydrogen-bond acceptors (Lipinski definition) is 3. The van der Waals surface area contributed by atoms with E-state index in [9.17, 15) is 13.6 Å². The average Bonchev–Trinajstić information content (AvgIpc) is 3.02. The number of aryl methyl sites for hydroxylation is 1. The summed E-state index contributed by atoms with van der Waals surface area (Å²) in [7, 11) is 0. The molecule has 0 atom stereocenters. The first-order chi connectivity index (χ1) is 11.1. The number of aromatic amines is 1. The molecule has 2 aromatic rings. The Morgan fingerprint density at radius 1 is 1.35 bits per heavy atom. The van der Waals surface area contributed by atoms with Gasteiger partial charge in [0.25, 0.3) is 5.91 Å². The number of halogens is 2. The van der Waals surface area contributed by atoms with E-state index in [4.69, 9.17) is 0 Å². The molecular formula is C16H15F2N3O2. The molecule has 23 heavy (non-hydrogen) atoms. The number of benzene rings is 1. The van der Waals surface area contributed by atoms with Crippen LogP contribution in [0.1, 0.15) is 28.0 Å². The average molecular weight is 319 g/mol. The van der Waals surface area contributed by atoms with E-state index in [0.717, 1.165) is 29.7 Å². The molecule has 0 aliphatic heterocycles. The van der Waals surface area contributed by atoms with Gasteiger partial charge in [0, 0.05) is 23.4 Å². The van der Waals surface area contributed by atoms with Crippen molar-refractivity contribution in [3.63, 3.8) is 0 Å². The second kappa shape index (κ2) is 6.60. The van der Waals surface area contributed by atoms with Crippen molar-refractivity contribution in [2.75, 3.05) is 6.54 Å². The number of carbonyl (C=O) groups is 1. The van der Waals surface area contributed by atoms with Gasteiger partial charge in [-0.15, -0.1) is 0 Å². The molecular weight excluding hydrogens is 304 g/mol. The second-order valence-corrected chi connectivity index (χ2v) is 5.12. The van der Waals surface area contributed by atoms with E-state index >= 15 is 0 Å². The quantitative estimate of drug-likeness (QED) is 0.890. The third-order valence-electron chi connectivity index (χ3n) is 3.63. The van der Waals surface area contributed by atoms with Gasteiger partial charge in [0.1, 0.15) is 5.75 Å². The molecule has 0 spiro atoms. The van der Waals surface area contributed by atoms with Gasteiger partial charge in [0.05, 0.1) is 6.20 Å². The fraction of sp³-hybridized carbons (Fsp3) is 0.250. The number of ether oxygens (including phenoxy) is 1. The molecule has 0 saturated heterocycles. The molecule has 0 unspecified atom stereocenters. The number of nitrogens with zero attached hydrogens (tertiary/aromatic N) is 1. The Balaban J connectivity index is 1.60. The number of alkyl halides is 2. The molecule has 1 amide bonds. The number of hydrogen-bond donors (Lipinski definition) is 2. The molecule has 0 fully saturated rings. The van der Waals surface area contributed by atoms with E-state index in [2.05, 4.69) is 26.3 Å². The monoisotopic (exact) mass is 319 g/mol. The minimum Gasteiger partial charge on any atom is -0.435 e. The molecule has 3 rings (SSSR count). The lowest BCUT2D eigenvalue weighted by Gasteiger charge is -2.14.